The van der Waals surface area contributed by atoms with Gasteiger partial charge in [0.05, 0.1) is 0 Å². The second-order valence-corrected chi connectivity index (χ2v) is 6.57. The summed E-state index contributed by atoms with van der Waals surface area (Å²) in [7, 11) is 0. The van der Waals surface area contributed by atoms with Gasteiger partial charge < -0.3 is 0 Å². The molecule has 0 N–H and O–H groups in total. The first-order valence-electron chi connectivity index (χ1n) is 7.92. The summed E-state index contributed by atoms with van der Waals surface area (Å²) in [5.41, 5.74) is 3.87. The van der Waals surface area contributed by atoms with Gasteiger partial charge in [-0.2, -0.15) is 5.10 Å². The Bertz CT molecular complexity index is 583. The van der Waals surface area contributed by atoms with Gasteiger partial charge in [0.1, 0.15) is 4.60 Å². The summed E-state index contributed by atoms with van der Waals surface area (Å²) >= 11 is 3.67. The van der Waals surface area contributed by atoms with E-state index < -0.39 is 0 Å². The number of halogens is 1. The molecule has 1 fully saturated rings. The standard InChI is InChI=1S/C18H22BrN2/c1-2-16-17(15-11-7-4-8-12-15)18(19)20-21(16)13-14-9-5-3-6-10-14/h3-4,7-8,11-12,14H,2,5-6,9-10,13H2,1H3. The molecule has 0 spiro atoms. The number of hydrogen-bond donors (Lipinski definition) is 0. The number of rotatable bonds is 4. The molecule has 1 aliphatic carbocycles. The molecule has 0 unspecified atom stereocenters. The quantitative estimate of drug-likeness (QED) is 0.737. The fourth-order valence-electron chi connectivity index (χ4n) is 3.29. The number of aromatic nitrogens is 2. The predicted octanol–water partition coefficient (Wildman–Crippen LogP) is 5.27. The Balaban J connectivity index is 1.91. The van der Waals surface area contributed by atoms with Crippen LogP contribution in [0, 0.1) is 12.3 Å². The van der Waals surface area contributed by atoms with Crippen LogP contribution in [0.25, 0.3) is 11.1 Å². The molecule has 3 rings (SSSR count). The fourth-order valence-corrected chi connectivity index (χ4v) is 3.94. The summed E-state index contributed by atoms with van der Waals surface area (Å²) in [6, 6.07) is 10.6. The summed E-state index contributed by atoms with van der Waals surface area (Å²) in [5, 5.41) is 4.78. The molecule has 3 heteroatoms. The van der Waals surface area contributed by atoms with E-state index in [1.165, 1.54) is 42.5 Å². The summed E-state index contributed by atoms with van der Waals surface area (Å²) in [5.74, 6) is 0.774. The monoisotopic (exact) mass is 345 g/mol. The first kappa shape index (κ1) is 14.8. The molecule has 2 aromatic rings. The van der Waals surface area contributed by atoms with Gasteiger partial charge in [0, 0.05) is 17.8 Å². The van der Waals surface area contributed by atoms with Gasteiger partial charge in [0.2, 0.25) is 0 Å². The lowest BCUT2D eigenvalue weighted by Gasteiger charge is -2.22. The van der Waals surface area contributed by atoms with Crippen LogP contribution >= 0.6 is 15.9 Å². The maximum atomic E-state index is 4.78. The van der Waals surface area contributed by atoms with Gasteiger partial charge in [0.15, 0.2) is 0 Å². The van der Waals surface area contributed by atoms with Crippen LogP contribution in [0.3, 0.4) is 0 Å². The van der Waals surface area contributed by atoms with Crippen molar-refractivity contribution in [2.45, 2.75) is 45.6 Å². The lowest BCUT2D eigenvalue weighted by molar-refractivity contribution is 0.335. The molecule has 1 saturated carbocycles. The summed E-state index contributed by atoms with van der Waals surface area (Å²) < 4.78 is 3.22. The van der Waals surface area contributed by atoms with E-state index in [1.54, 1.807) is 0 Å². The minimum Gasteiger partial charge on any atom is -0.268 e. The van der Waals surface area contributed by atoms with Crippen molar-refractivity contribution in [3.05, 3.63) is 47.0 Å². The second-order valence-electron chi connectivity index (χ2n) is 5.82. The molecule has 0 atom stereocenters. The van der Waals surface area contributed by atoms with Crippen molar-refractivity contribution >= 4 is 15.9 Å². The Labute approximate surface area is 135 Å². The van der Waals surface area contributed by atoms with Gasteiger partial charge in [-0.1, -0.05) is 37.3 Å². The molecule has 2 nitrogen and oxygen atoms in total. The number of hydrogen-bond acceptors (Lipinski definition) is 1. The summed E-state index contributed by atoms with van der Waals surface area (Å²) in [6.07, 6.45) is 8.58. The van der Waals surface area contributed by atoms with Crippen LogP contribution in [-0.4, -0.2) is 9.78 Å². The Morgan fingerprint density at radius 3 is 2.57 bits per heavy atom. The summed E-state index contributed by atoms with van der Waals surface area (Å²) in [4.78, 5) is 0. The molecule has 1 heterocycles. The van der Waals surface area contributed by atoms with Gasteiger partial charge in [-0.25, -0.2) is 0 Å². The number of nitrogens with zero attached hydrogens (tertiary/aromatic N) is 2. The maximum Gasteiger partial charge on any atom is 0.136 e. The van der Waals surface area contributed by atoms with Gasteiger partial charge in [-0.3, -0.25) is 4.68 Å². The zero-order valence-corrected chi connectivity index (χ0v) is 14.1. The molecule has 1 aliphatic rings. The van der Waals surface area contributed by atoms with E-state index in [2.05, 4.69) is 64.3 Å². The minimum atomic E-state index is 0.774. The third-order valence-corrected chi connectivity index (χ3v) is 4.96. The van der Waals surface area contributed by atoms with Crippen molar-refractivity contribution in [1.82, 2.24) is 9.78 Å². The third kappa shape index (κ3) is 3.23. The van der Waals surface area contributed by atoms with Crippen LogP contribution in [0.2, 0.25) is 0 Å². The molecular weight excluding hydrogens is 324 g/mol. The van der Waals surface area contributed by atoms with Crippen molar-refractivity contribution in [1.29, 1.82) is 0 Å². The molecule has 1 aromatic heterocycles. The largest absolute Gasteiger partial charge is 0.268 e. The molecule has 1 radical (unpaired) electrons. The van der Waals surface area contributed by atoms with Crippen molar-refractivity contribution in [3.63, 3.8) is 0 Å². The van der Waals surface area contributed by atoms with Crippen molar-refractivity contribution < 1.29 is 0 Å². The van der Waals surface area contributed by atoms with E-state index in [9.17, 15) is 0 Å². The van der Waals surface area contributed by atoms with Gasteiger partial charge >= 0.3 is 0 Å². The Kier molecular flexibility index (Phi) is 4.79. The number of benzene rings is 1. The highest BCUT2D eigenvalue weighted by Crippen LogP contribution is 2.33. The van der Waals surface area contributed by atoms with Gasteiger partial charge in [-0.15, -0.1) is 0 Å². The third-order valence-electron chi connectivity index (χ3n) is 4.40. The van der Waals surface area contributed by atoms with Gasteiger partial charge in [0.25, 0.3) is 0 Å². The zero-order valence-electron chi connectivity index (χ0n) is 12.6. The highest BCUT2D eigenvalue weighted by Gasteiger charge is 2.20. The molecule has 0 bridgehead atoms. The second kappa shape index (κ2) is 6.78. The van der Waals surface area contributed by atoms with E-state index in [0.717, 1.165) is 23.5 Å². The van der Waals surface area contributed by atoms with Crippen LogP contribution in [0.1, 0.15) is 38.3 Å². The Hall–Kier alpha value is -1.09. The van der Waals surface area contributed by atoms with Crippen molar-refractivity contribution in [2.24, 2.45) is 5.92 Å². The average Bonchev–Trinajstić information content (AvgIpc) is 2.84. The molecular formula is C18H22BrN2. The molecule has 0 amide bonds. The van der Waals surface area contributed by atoms with Crippen molar-refractivity contribution in [3.8, 4) is 11.1 Å². The van der Waals surface area contributed by atoms with Crippen LogP contribution in [-0.2, 0) is 13.0 Å². The van der Waals surface area contributed by atoms with E-state index >= 15 is 0 Å². The van der Waals surface area contributed by atoms with Crippen LogP contribution in [0.4, 0.5) is 0 Å². The van der Waals surface area contributed by atoms with E-state index in [4.69, 9.17) is 5.10 Å². The zero-order chi connectivity index (χ0) is 14.7. The predicted molar refractivity (Wildman–Crippen MR) is 91.0 cm³/mol. The smallest absolute Gasteiger partial charge is 0.136 e. The fraction of sp³-hybridized carbons (Fsp3) is 0.444. The highest BCUT2D eigenvalue weighted by molar-refractivity contribution is 9.10. The van der Waals surface area contributed by atoms with Crippen LogP contribution < -0.4 is 0 Å². The first-order chi connectivity index (χ1) is 10.3. The lowest BCUT2D eigenvalue weighted by Crippen LogP contribution is -2.17. The Morgan fingerprint density at radius 2 is 1.90 bits per heavy atom. The molecule has 0 aliphatic heterocycles. The molecule has 111 valence electrons. The SMILES string of the molecule is CCc1c(-c2ccccc2)c(Br)nn1CC1CC[CH]CC1. The Morgan fingerprint density at radius 1 is 1.19 bits per heavy atom. The van der Waals surface area contributed by atoms with Crippen LogP contribution in [0.5, 0.6) is 0 Å². The van der Waals surface area contributed by atoms with E-state index in [1.807, 2.05) is 0 Å². The first-order valence-corrected chi connectivity index (χ1v) is 8.71. The maximum absolute atomic E-state index is 4.78. The lowest BCUT2D eigenvalue weighted by atomic mass is 9.89. The van der Waals surface area contributed by atoms with Gasteiger partial charge in [-0.05, 0) is 65.9 Å². The summed E-state index contributed by atoms with van der Waals surface area (Å²) in [6.45, 7) is 3.28. The van der Waals surface area contributed by atoms with E-state index in [0.29, 0.717) is 0 Å². The molecule has 0 saturated heterocycles. The topological polar surface area (TPSA) is 17.8 Å². The highest BCUT2D eigenvalue weighted by atomic mass is 79.9. The average molecular weight is 346 g/mol. The van der Waals surface area contributed by atoms with Crippen LogP contribution in [0.15, 0.2) is 34.9 Å². The van der Waals surface area contributed by atoms with E-state index in [-0.39, 0.29) is 0 Å². The normalized spacial score (nSPS) is 16.3. The minimum absolute atomic E-state index is 0.774. The molecule has 1 aromatic carbocycles. The van der Waals surface area contributed by atoms with Crippen molar-refractivity contribution in [2.75, 3.05) is 0 Å². The molecule has 21 heavy (non-hydrogen) atoms.